The molecular weight excluding hydrogens is 295 g/mol. The van der Waals surface area contributed by atoms with Crippen LogP contribution in [0.5, 0.6) is 5.75 Å². The van der Waals surface area contributed by atoms with Crippen molar-refractivity contribution in [2.24, 2.45) is 0 Å². The van der Waals surface area contributed by atoms with Crippen molar-refractivity contribution < 1.29 is 13.9 Å². The second-order valence-electron chi connectivity index (χ2n) is 5.54. The summed E-state index contributed by atoms with van der Waals surface area (Å²) in [5.74, 6) is -0.0904. The van der Waals surface area contributed by atoms with Gasteiger partial charge in [-0.1, -0.05) is 30.3 Å². The lowest BCUT2D eigenvalue weighted by Crippen LogP contribution is -2.37. The fraction of sp³-hybridized carbons (Fsp3) is 0.278. The van der Waals surface area contributed by atoms with Crippen molar-refractivity contribution in [3.63, 3.8) is 0 Å². The zero-order chi connectivity index (χ0) is 16.7. The molecule has 0 heterocycles. The highest BCUT2D eigenvalue weighted by Crippen LogP contribution is 2.14. The first-order chi connectivity index (χ1) is 11.0. The Morgan fingerprint density at radius 1 is 1.13 bits per heavy atom. The molecule has 0 saturated carbocycles. The van der Waals surface area contributed by atoms with Crippen molar-refractivity contribution in [3.8, 4) is 5.75 Å². The first-order valence-electron chi connectivity index (χ1n) is 7.42. The summed E-state index contributed by atoms with van der Waals surface area (Å²) in [6.45, 7) is 0.578. The molecule has 0 aliphatic heterocycles. The van der Waals surface area contributed by atoms with Gasteiger partial charge in [-0.2, -0.15) is 0 Å². The van der Waals surface area contributed by atoms with E-state index in [9.17, 15) is 9.18 Å². The lowest BCUT2D eigenvalue weighted by atomic mass is 10.1. The summed E-state index contributed by atoms with van der Waals surface area (Å²) in [7, 11) is 3.91. The molecule has 0 aliphatic rings. The van der Waals surface area contributed by atoms with Crippen LogP contribution in [0.1, 0.15) is 11.6 Å². The molecule has 1 N–H and O–H groups in total. The van der Waals surface area contributed by atoms with Crippen LogP contribution in [0.2, 0.25) is 0 Å². The van der Waals surface area contributed by atoms with Crippen molar-refractivity contribution >= 4 is 5.91 Å². The highest BCUT2D eigenvalue weighted by atomic mass is 19.1. The number of ether oxygens (including phenoxy) is 1. The Bertz CT molecular complexity index is 615. The number of nitrogens with zero attached hydrogens (tertiary/aromatic N) is 1. The third-order valence-corrected chi connectivity index (χ3v) is 3.27. The third kappa shape index (κ3) is 5.71. The van der Waals surface area contributed by atoms with Gasteiger partial charge in [-0.05, 0) is 43.9 Å². The Balaban J connectivity index is 1.93. The minimum Gasteiger partial charge on any atom is -0.484 e. The van der Waals surface area contributed by atoms with Crippen LogP contribution >= 0.6 is 0 Å². The molecule has 2 aromatic carbocycles. The van der Waals surface area contributed by atoms with Gasteiger partial charge in [0, 0.05) is 6.54 Å². The topological polar surface area (TPSA) is 41.6 Å². The summed E-state index contributed by atoms with van der Waals surface area (Å²) < 4.78 is 18.2. The maximum atomic E-state index is 12.8. The SMILES string of the molecule is CN(C)C[C@@H](NC(=O)COc1ccc(F)cc1)c1ccccc1. The number of likely N-dealkylation sites (N-methyl/N-ethyl adjacent to an activating group) is 1. The first kappa shape index (κ1) is 17.0. The fourth-order valence-electron chi connectivity index (χ4n) is 2.20. The number of hydrogen-bond donors (Lipinski definition) is 1. The van der Waals surface area contributed by atoms with E-state index in [0.29, 0.717) is 12.3 Å². The third-order valence-electron chi connectivity index (χ3n) is 3.27. The molecule has 4 nitrogen and oxygen atoms in total. The molecule has 0 fully saturated rings. The largest absolute Gasteiger partial charge is 0.484 e. The molecule has 0 aromatic heterocycles. The van der Waals surface area contributed by atoms with Crippen LogP contribution < -0.4 is 10.1 Å². The lowest BCUT2D eigenvalue weighted by Gasteiger charge is -2.23. The van der Waals surface area contributed by atoms with Crippen molar-refractivity contribution in [1.82, 2.24) is 10.2 Å². The van der Waals surface area contributed by atoms with Crippen LogP contribution in [0.25, 0.3) is 0 Å². The molecule has 0 unspecified atom stereocenters. The van der Waals surface area contributed by atoms with Gasteiger partial charge in [0.2, 0.25) is 0 Å². The Labute approximate surface area is 135 Å². The molecule has 122 valence electrons. The number of amides is 1. The highest BCUT2D eigenvalue weighted by molar-refractivity contribution is 5.78. The molecule has 5 heteroatoms. The van der Waals surface area contributed by atoms with E-state index in [1.54, 1.807) is 0 Å². The molecule has 23 heavy (non-hydrogen) atoms. The maximum absolute atomic E-state index is 12.8. The summed E-state index contributed by atoms with van der Waals surface area (Å²) in [6, 6.07) is 15.3. The van der Waals surface area contributed by atoms with E-state index in [4.69, 9.17) is 4.74 Å². The van der Waals surface area contributed by atoms with Gasteiger partial charge < -0.3 is 15.0 Å². The highest BCUT2D eigenvalue weighted by Gasteiger charge is 2.15. The van der Waals surface area contributed by atoms with E-state index >= 15 is 0 Å². The van der Waals surface area contributed by atoms with E-state index in [-0.39, 0.29) is 24.4 Å². The summed E-state index contributed by atoms with van der Waals surface area (Å²) in [5, 5.41) is 2.97. The number of nitrogens with one attached hydrogen (secondary N) is 1. The normalized spacial score (nSPS) is 12.0. The lowest BCUT2D eigenvalue weighted by molar-refractivity contribution is -0.124. The molecule has 0 saturated heterocycles. The van der Waals surface area contributed by atoms with Crippen LogP contribution in [0, 0.1) is 5.82 Å². The number of halogens is 1. The van der Waals surface area contributed by atoms with Crippen molar-refractivity contribution in [2.75, 3.05) is 27.2 Å². The Morgan fingerprint density at radius 2 is 1.78 bits per heavy atom. The number of benzene rings is 2. The van der Waals surface area contributed by atoms with Crippen LogP contribution in [-0.2, 0) is 4.79 Å². The Morgan fingerprint density at radius 3 is 2.39 bits per heavy atom. The van der Waals surface area contributed by atoms with Gasteiger partial charge in [-0.25, -0.2) is 4.39 Å². The van der Waals surface area contributed by atoms with Gasteiger partial charge >= 0.3 is 0 Å². The second-order valence-corrected chi connectivity index (χ2v) is 5.54. The maximum Gasteiger partial charge on any atom is 0.258 e. The minimum atomic E-state index is -0.336. The predicted molar refractivity (Wildman–Crippen MR) is 87.8 cm³/mol. The number of carbonyl (C=O) groups is 1. The van der Waals surface area contributed by atoms with Gasteiger partial charge in [0.15, 0.2) is 6.61 Å². The zero-order valence-electron chi connectivity index (χ0n) is 13.3. The summed E-state index contributed by atoms with van der Waals surface area (Å²) in [4.78, 5) is 14.1. The van der Waals surface area contributed by atoms with Crippen molar-refractivity contribution in [3.05, 3.63) is 66.0 Å². The van der Waals surface area contributed by atoms with Gasteiger partial charge in [0.25, 0.3) is 5.91 Å². The second kappa shape index (κ2) is 8.29. The fourth-order valence-corrected chi connectivity index (χ4v) is 2.20. The standard InChI is InChI=1S/C18H21FN2O2/c1-21(2)12-17(14-6-4-3-5-7-14)20-18(22)13-23-16-10-8-15(19)9-11-16/h3-11,17H,12-13H2,1-2H3,(H,20,22)/t17-/m1/s1. The van der Waals surface area contributed by atoms with E-state index in [1.807, 2.05) is 49.3 Å². The van der Waals surface area contributed by atoms with Crippen LogP contribution in [-0.4, -0.2) is 38.1 Å². The van der Waals surface area contributed by atoms with Crippen LogP contribution in [0.3, 0.4) is 0 Å². The molecule has 2 aromatic rings. The predicted octanol–water partition coefficient (Wildman–Crippen LogP) is 2.62. The first-order valence-corrected chi connectivity index (χ1v) is 7.42. The van der Waals surface area contributed by atoms with E-state index in [1.165, 1.54) is 24.3 Å². The molecule has 2 rings (SSSR count). The molecule has 1 amide bonds. The van der Waals surface area contributed by atoms with E-state index in [0.717, 1.165) is 5.56 Å². The smallest absolute Gasteiger partial charge is 0.258 e. The number of carbonyl (C=O) groups excluding carboxylic acids is 1. The average Bonchev–Trinajstić information content (AvgIpc) is 2.54. The Hall–Kier alpha value is -2.40. The average molecular weight is 316 g/mol. The van der Waals surface area contributed by atoms with Crippen LogP contribution in [0.15, 0.2) is 54.6 Å². The van der Waals surface area contributed by atoms with Gasteiger partial charge in [0.1, 0.15) is 11.6 Å². The molecule has 0 aliphatic carbocycles. The summed E-state index contributed by atoms with van der Waals surface area (Å²) in [5.41, 5.74) is 1.04. The number of rotatable bonds is 7. The summed E-state index contributed by atoms with van der Waals surface area (Å²) >= 11 is 0. The van der Waals surface area contributed by atoms with Crippen molar-refractivity contribution in [1.29, 1.82) is 0 Å². The van der Waals surface area contributed by atoms with Gasteiger partial charge in [0.05, 0.1) is 6.04 Å². The van der Waals surface area contributed by atoms with Crippen LogP contribution in [0.4, 0.5) is 4.39 Å². The summed E-state index contributed by atoms with van der Waals surface area (Å²) in [6.07, 6.45) is 0. The minimum absolute atomic E-state index is 0.109. The quantitative estimate of drug-likeness (QED) is 0.854. The zero-order valence-corrected chi connectivity index (χ0v) is 13.3. The van der Waals surface area contributed by atoms with Gasteiger partial charge in [-0.15, -0.1) is 0 Å². The molecule has 1 atom stereocenters. The molecule has 0 bridgehead atoms. The van der Waals surface area contributed by atoms with Gasteiger partial charge in [-0.3, -0.25) is 4.79 Å². The molecule has 0 radical (unpaired) electrons. The van der Waals surface area contributed by atoms with E-state index in [2.05, 4.69) is 5.32 Å². The Kier molecular flexibility index (Phi) is 6.11. The van der Waals surface area contributed by atoms with E-state index < -0.39 is 0 Å². The monoisotopic (exact) mass is 316 g/mol. The molecule has 0 spiro atoms. The molecular formula is C18H21FN2O2. The number of hydrogen-bond acceptors (Lipinski definition) is 3. The van der Waals surface area contributed by atoms with Crippen molar-refractivity contribution in [2.45, 2.75) is 6.04 Å².